The molecule has 0 bridgehead atoms. The van der Waals surface area contributed by atoms with Crippen LogP contribution in [0.2, 0.25) is 0 Å². The summed E-state index contributed by atoms with van der Waals surface area (Å²) in [4.78, 5) is 16.7. The number of rotatable bonds is 5. The second-order valence-electron chi connectivity index (χ2n) is 6.13. The molecule has 2 heterocycles. The topological polar surface area (TPSA) is 63.2 Å². The van der Waals surface area contributed by atoms with Gasteiger partial charge in [-0.15, -0.1) is 24.8 Å². The molecule has 0 spiro atoms. The molecule has 148 valence electrons. The van der Waals surface area contributed by atoms with Crippen molar-refractivity contribution in [1.29, 1.82) is 0 Å². The number of ether oxygens (including phenoxy) is 1. The Labute approximate surface area is 176 Å². The number of benzene rings is 1. The summed E-state index contributed by atoms with van der Waals surface area (Å²) >= 11 is 1.88. The molecule has 1 aromatic carbocycles. The Morgan fingerprint density at radius 3 is 2.85 bits per heavy atom. The zero-order valence-electron chi connectivity index (χ0n) is 15.4. The Morgan fingerprint density at radius 2 is 2.11 bits per heavy atom. The van der Waals surface area contributed by atoms with Gasteiger partial charge in [0.15, 0.2) is 0 Å². The number of amides is 1. The minimum atomic E-state index is -0.0289. The number of thioether (sulfide) groups is 1. The lowest BCUT2D eigenvalue weighted by atomic mass is 10.1. The number of aromatic nitrogens is 1. The van der Waals surface area contributed by atoms with Gasteiger partial charge >= 0.3 is 0 Å². The molecule has 8 heteroatoms. The van der Waals surface area contributed by atoms with Crippen LogP contribution in [0.4, 0.5) is 5.69 Å². The normalized spacial score (nSPS) is 15.9. The Kier molecular flexibility index (Phi) is 9.94. The molecule has 1 atom stereocenters. The molecule has 0 saturated carbocycles. The minimum absolute atomic E-state index is 0. The SMILES string of the molecule is Cc1cccc(Oc2ncccc2NC(=O)CC2CSCCN2)c1C.Cl.Cl. The smallest absolute Gasteiger partial charge is 0.243 e. The van der Waals surface area contributed by atoms with Crippen LogP contribution in [0.1, 0.15) is 17.5 Å². The van der Waals surface area contributed by atoms with E-state index < -0.39 is 0 Å². The first-order chi connectivity index (χ1) is 12.1. The molecule has 2 aromatic rings. The van der Waals surface area contributed by atoms with Gasteiger partial charge in [0.2, 0.25) is 11.8 Å². The molecule has 1 amide bonds. The van der Waals surface area contributed by atoms with E-state index in [0.717, 1.165) is 34.9 Å². The summed E-state index contributed by atoms with van der Waals surface area (Å²) in [5.74, 6) is 3.20. The van der Waals surface area contributed by atoms with E-state index in [-0.39, 0.29) is 36.8 Å². The van der Waals surface area contributed by atoms with Crippen molar-refractivity contribution in [1.82, 2.24) is 10.3 Å². The second kappa shape index (κ2) is 11.4. The molecule has 27 heavy (non-hydrogen) atoms. The number of halogens is 2. The highest BCUT2D eigenvalue weighted by Crippen LogP contribution is 2.30. The van der Waals surface area contributed by atoms with Crippen molar-refractivity contribution in [3.8, 4) is 11.6 Å². The molecule has 1 aliphatic heterocycles. The van der Waals surface area contributed by atoms with Gasteiger partial charge in [0.1, 0.15) is 11.4 Å². The van der Waals surface area contributed by atoms with Crippen molar-refractivity contribution in [3.05, 3.63) is 47.7 Å². The predicted octanol–water partition coefficient (Wildman–Crippen LogP) is 4.37. The molecular formula is C19H25Cl2N3O2S. The number of anilines is 1. The zero-order chi connectivity index (χ0) is 17.6. The van der Waals surface area contributed by atoms with Gasteiger partial charge in [-0.25, -0.2) is 4.98 Å². The number of aryl methyl sites for hydroxylation is 1. The van der Waals surface area contributed by atoms with Gasteiger partial charge in [0, 0.05) is 36.7 Å². The number of carbonyl (C=O) groups excluding carboxylic acids is 1. The van der Waals surface area contributed by atoms with Gasteiger partial charge in [-0.1, -0.05) is 12.1 Å². The standard InChI is InChI=1S/C19H23N3O2S.2ClH/c1-13-5-3-7-17(14(13)2)24-19-16(6-4-8-21-19)22-18(23)11-15-12-25-10-9-20-15;;/h3-8,15,20H,9-12H2,1-2H3,(H,22,23);2*1H. The Bertz CT molecular complexity index is 755. The highest BCUT2D eigenvalue weighted by Gasteiger charge is 2.18. The van der Waals surface area contributed by atoms with E-state index in [1.165, 1.54) is 0 Å². The molecule has 1 unspecified atom stereocenters. The number of pyridine rings is 1. The van der Waals surface area contributed by atoms with Crippen LogP contribution in [-0.2, 0) is 4.79 Å². The van der Waals surface area contributed by atoms with Crippen molar-refractivity contribution < 1.29 is 9.53 Å². The summed E-state index contributed by atoms with van der Waals surface area (Å²) in [5.41, 5.74) is 2.81. The van der Waals surface area contributed by atoms with E-state index in [2.05, 4.69) is 15.6 Å². The van der Waals surface area contributed by atoms with E-state index in [0.29, 0.717) is 18.0 Å². The lowest BCUT2D eigenvalue weighted by Gasteiger charge is -2.22. The van der Waals surface area contributed by atoms with Gasteiger partial charge in [-0.2, -0.15) is 11.8 Å². The first kappa shape index (κ1) is 23.6. The highest BCUT2D eigenvalue weighted by atomic mass is 35.5. The zero-order valence-corrected chi connectivity index (χ0v) is 17.8. The third-order valence-corrected chi connectivity index (χ3v) is 5.37. The number of nitrogens with one attached hydrogen (secondary N) is 2. The average Bonchev–Trinajstić information content (AvgIpc) is 2.61. The molecule has 0 aliphatic carbocycles. The maximum Gasteiger partial charge on any atom is 0.243 e. The van der Waals surface area contributed by atoms with Gasteiger partial charge in [-0.05, 0) is 43.2 Å². The van der Waals surface area contributed by atoms with Gasteiger partial charge < -0.3 is 15.4 Å². The lowest BCUT2D eigenvalue weighted by Crippen LogP contribution is -2.39. The fraction of sp³-hybridized carbons (Fsp3) is 0.368. The van der Waals surface area contributed by atoms with Crippen LogP contribution in [0.5, 0.6) is 11.6 Å². The summed E-state index contributed by atoms with van der Waals surface area (Å²) in [6.45, 7) is 5.01. The summed E-state index contributed by atoms with van der Waals surface area (Å²) in [6.07, 6.45) is 2.11. The van der Waals surface area contributed by atoms with Gasteiger partial charge in [0.25, 0.3) is 0 Å². The first-order valence-electron chi connectivity index (χ1n) is 8.43. The molecular weight excluding hydrogens is 405 g/mol. The van der Waals surface area contributed by atoms with E-state index in [1.807, 2.05) is 49.9 Å². The third-order valence-electron chi connectivity index (χ3n) is 4.24. The van der Waals surface area contributed by atoms with Crippen molar-refractivity contribution in [3.63, 3.8) is 0 Å². The Hall–Kier alpha value is -1.47. The van der Waals surface area contributed by atoms with Crippen molar-refractivity contribution in [2.45, 2.75) is 26.3 Å². The molecule has 2 N–H and O–H groups in total. The monoisotopic (exact) mass is 429 g/mol. The first-order valence-corrected chi connectivity index (χ1v) is 9.59. The van der Waals surface area contributed by atoms with E-state index in [9.17, 15) is 4.79 Å². The fourth-order valence-electron chi connectivity index (χ4n) is 2.68. The Morgan fingerprint density at radius 1 is 1.30 bits per heavy atom. The summed E-state index contributed by atoms with van der Waals surface area (Å²) < 4.78 is 5.97. The number of carbonyl (C=O) groups is 1. The molecule has 1 aromatic heterocycles. The quantitative estimate of drug-likeness (QED) is 0.738. The van der Waals surface area contributed by atoms with Crippen molar-refractivity contribution in [2.75, 3.05) is 23.4 Å². The predicted molar refractivity (Wildman–Crippen MR) is 117 cm³/mol. The van der Waals surface area contributed by atoms with Gasteiger partial charge in [0.05, 0.1) is 0 Å². The highest BCUT2D eigenvalue weighted by molar-refractivity contribution is 7.99. The summed E-state index contributed by atoms with van der Waals surface area (Å²) in [5, 5.41) is 6.31. The average molecular weight is 430 g/mol. The van der Waals surface area contributed by atoms with Crippen molar-refractivity contribution in [2.24, 2.45) is 0 Å². The maximum atomic E-state index is 12.4. The Balaban J connectivity index is 0.00000182. The van der Waals surface area contributed by atoms with Crippen LogP contribution in [-0.4, -0.2) is 35.0 Å². The van der Waals surface area contributed by atoms with Crippen LogP contribution in [0.25, 0.3) is 0 Å². The fourth-order valence-corrected chi connectivity index (χ4v) is 3.63. The molecule has 3 rings (SSSR count). The van der Waals surface area contributed by atoms with Crippen LogP contribution in [0, 0.1) is 13.8 Å². The molecule has 0 radical (unpaired) electrons. The van der Waals surface area contributed by atoms with Crippen LogP contribution >= 0.6 is 36.6 Å². The molecule has 1 saturated heterocycles. The van der Waals surface area contributed by atoms with Crippen molar-refractivity contribution >= 4 is 48.2 Å². The van der Waals surface area contributed by atoms with E-state index >= 15 is 0 Å². The van der Waals surface area contributed by atoms with Crippen LogP contribution in [0.3, 0.4) is 0 Å². The number of nitrogens with zero attached hydrogens (tertiary/aromatic N) is 1. The molecule has 1 aliphatic rings. The van der Waals surface area contributed by atoms with Crippen LogP contribution in [0.15, 0.2) is 36.5 Å². The van der Waals surface area contributed by atoms with E-state index in [4.69, 9.17) is 4.74 Å². The van der Waals surface area contributed by atoms with Gasteiger partial charge in [-0.3, -0.25) is 4.79 Å². The number of hydrogen-bond donors (Lipinski definition) is 2. The maximum absolute atomic E-state index is 12.4. The minimum Gasteiger partial charge on any atom is -0.437 e. The number of hydrogen-bond acceptors (Lipinski definition) is 5. The van der Waals surface area contributed by atoms with Crippen LogP contribution < -0.4 is 15.4 Å². The second-order valence-corrected chi connectivity index (χ2v) is 7.28. The summed E-state index contributed by atoms with van der Waals surface area (Å²) in [7, 11) is 0. The molecule has 1 fully saturated rings. The van der Waals surface area contributed by atoms with E-state index in [1.54, 1.807) is 12.3 Å². The molecule has 5 nitrogen and oxygen atoms in total. The summed E-state index contributed by atoms with van der Waals surface area (Å²) in [6, 6.07) is 9.73. The third kappa shape index (κ3) is 6.57. The lowest BCUT2D eigenvalue weighted by molar-refractivity contribution is -0.116. The largest absolute Gasteiger partial charge is 0.437 e.